The van der Waals surface area contributed by atoms with E-state index in [0.29, 0.717) is 18.8 Å². The van der Waals surface area contributed by atoms with Crippen LogP contribution in [0, 0.1) is 34.3 Å². The van der Waals surface area contributed by atoms with Crippen LogP contribution in [0.5, 0.6) is 6.01 Å². The smallest absolute Gasteiger partial charge is 0.319 e. The topological polar surface area (TPSA) is 152 Å². The number of aromatic nitrogens is 4. The summed E-state index contributed by atoms with van der Waals surface area (Å²) in [5.74, 6) is -2.31. The van der Waals surface area contributed by atoms with Crippen molar-refractivity contribution in [3.05, 3.63) is 58.5 Å². The predicted molar refractivity (Wildman–Crippen MR) is 183 cm³/mol. The molecule has 1 aliphatic rings. The van der Waals surface area contributed by atoms with E-state index in [2.05, 4.69) is 25.3 Å². The van der Waals surface area contributed by atoms with E-state index >= 15 is 4.39 Å². The number of anilines is 3. The molecule has 0 amide bonds. The van der Waals surface area contributed by atoms with E-state index in [9.17, 15) is 18.4 Å². The lowest BCUT2D eigenvalue weighted by molar-refractivity contribution is -0.0679. The number of alkyl halides is 2. The number of nitriles is 1. The third-order valence-corrected chi connectivity index (χ3v) is 10.4. The minimum atomic E-state index is -2.56. The van der Waals surface area contributed by atoms with E-state index in [1.165, 1.54) is 24.5 Å². The quantitative estimate of drug-likeness (QED) is 0.135. The number of rotatable bonds is 9. The third kappa shape index (κ3) is 6.36. The van der Waals surface area contributed by atoms with Crippen molar-refractivity contribution in [2.45, 2.75) is 32.6 Å². The number of ether oxygens (including phenoxy) is 1. The number of nitrogens with one attached hydrogen (secondary N) is 1. The number of benzene rings is 2. The zero-order chi connectivity index (χ0) is 35.2. The number of hydrogen-bond acceptors (Lipinski definition) is 11. The second-order valence-electron chi connectivity index (χ2n) is 12.6. The van der Waals surface area contributed by atoms with Crippen molar-refractivity contribution < 1.29 is 22.3 Å². The lowest BCUT2D eigenvalue weighted by Crippen LogP contribution is -2.51. The molecule has 4 heterocycles. The fraction of sp³-hybridized carbons (Fsp3) is 0.364. The maximum atomic E-state index is 16.8. The summed E-state index contributed by atoms with van der Waals surface area (Å²) in [7, 11) is 1.85. The van der Waals surface area contributed by atoms with Gasteiger partial charge < -0.3 is 26.4 Å². The van der Waals surface area contributed by atoms with Gasteiger partial charge in [-0.2, -0.15) is 15.2 Å². The molecule has 6 rings (SSSR count). The molecule has 256 valence electrons. The van der Waals surface area contributed by atoms with Crippen LogP contribution in [0.15, 0.2) is 30.6 Å². The van der Waals surface area contributed by atoms with Crippen molar-refractivity contribution in [3.63, 3.8) is 0 Å². The summed E-state index contributed by atoms with van der Waals surface area (Å²) in [6.45, 7) is 4.52. The number of halogens is 5. The molecule has 0 aliphatic carbocycles. The van der Waals surface area contributed by atoms with Gasteiger partial charge in [0.1, 0.15) is 34.0 Å². The van der Waals surface area contributed by atoms with Gasteiger partial charge in [-0.05, 0) is 37.7 Å². The van der Waals surface area contributed by atoms with Gasteiger partial charge in [-0.1, -0.05) is 31.5 Å². The van der Waals surface area contributed by atoms with Crippen LogP contribution in [0.2, 0.25) is 5.02 Å². The van der Waals surface area contributed by atoms with Crippen LogP contribution in [-0.4, -0.2) is 64.6 Å². The highest BCUT2D eigenvalue weighted by molar-refractivity contribution is 7.23. The van der Waals surface area contributed by atoms with Gasteiger partial charge in [0.15, 0.2) is 5.82 Å². The standard InChI is InChI=1S/C33H32ClF4N9OS/c1-15(25-29(40)43-8-7-42-25)12-44-31-17-10-20(34)23(16-4-5-21(35)27-22(16)18(11-39)30(41)49-27)24(36)26(17)45-32(46-31)48-14-33(2)13-47(3)9-6-19(33)28(37)38/h4-5,7-8,10,15,19,28H,6,9,12-14,41H2,1-3H3,(H2,40,43)(H,44,45,46)/t15-,19+,33-/m1/s1. The molecule has 1 aliphatic heterocycles. The number of nitrogen functional groups attached to an aromatic ring is 2. The summed E-state index contributed by atoms with van der Waals surface area (Å²) in [5, 5.41) is 13.3. The second kappa shape index (κ2) is 13.4. The van der Waals surface area contributed by atoms with Gasteiger partial charge >= 0.3 is 6.01 Å². The molecule has 0 radical (unpaired) electrons. The first-order valence-electron chi connectivity index (χ1n) is 15.3. The van der Waals surface area contributed by atoms with Crippen molar-refractivity contribution in [2.24, 2.45) is 11.3 Å². The number of hydrogen-bond donors (Lipinski definition) is 3. The average molecular weight is 714 g/mol. The summed E-state index contributed by atoms with van der Waals surface area (Å²) >= 11 is 7.62. The Morgan fingerprint density at radius 2 is 1.98 bits per heavy atom. The number of likely N-dealkylation sites (tertiary alicyclic amines) is 1. The van der Waals surface area contributed by atoms with Crippen molar-refractivity contribution in [1.82, 2.24) is 24.8 Å². The molecule has 0 bridgehead atoms. The van der Waals surface area contributed by atoms with Gasteiger partial charge in [0.05, 0.1) is 27.6 Å². The van der Waals surface area contributed by atoms with E-state index < -0.39 is 29.4 Å². The lowest BCUT2D eigenvalue weighted by Gasteiger charge is -2.44. The molecule has 2 aromatic carbocycles. The van der Waals surface area contributed by atoms with Crippen molar-refractivity contribution in [1.29, 1.82) is 5.26 Å². The molecule has 3 aromatic heterocycles. The maximum absolute atomic E-state index is 16.8. The molecular weight excluding hydrogens is 682 g/mol. The highest BCUT2D eigenvalue weighted by Gasteiger charge is 2.44. The Kier molecular flexibility index (Phi) is 9.40. The largest absolute Gasteiger partial charge is 0.463 e. The number of piperidine rings is 1. The van der Waals surface area contributed by atoms with Crippen molar-refractivity contribution in [3.8, 4) is 23.2 Å². The Hall–Kier alpha value is -4.52. The molecule has 0 unspecified atom stereocenters. The molecule has 5 N–H and O–H groups in total. The summed E-state index contributed by atoms with van der Waals surface area (Å²) in [6.07, 6.45) is 0.714. The Labute approximate surface area is 288 Å². The fourth-order valence-electron chi connectivity index (χ4n) is 6.55. The van der Waals surface area contributed by atoms with Gasteiger partial charge in [-0.15, -0.1) is 11.3 Å². The third-order valence-electron chi connectivity index (χ3n) is 9.04. The molecule has 1 saturated heterocycles. The van der Waals surface area contributed by atoms with E-state index in [4.69, 9.17) is 27.8 Å². The minimum Gasteiger partial charge on any atom is -0.463 e. The highest BCUT2D eigenvalue weighted by atomic mass is 35.5. The summed E-state index contributed by atoms with van der Waals surface area (Å²) < 4.78 is 66.0. The summed E-state index contributed by atoms with van der Waals surface area (Å²) in [6, 6.07) is 5.67. The van der Waals surface area contributed by atoms with Crippen molar-refractivity contribution >= 4 is 60.6 Å². The van der Waals surface area contributed by atoms with Gasteiger partial charge in [0.25, 0.3) is 0 Å². The normalized spacial score (nSPS) is 19.0. The minimum absolute atomic E-state index is 0.00400. The maximum Gasteiger partial charge on any atom is 0.319 e. The predicted octanol–water partition coefficient (Wildman–Crippen LogP) is 7.09. The highest BCUT2D eigenvalue weighted by Crippen LogP contribution is 2.46. The SMILES string of the molecule is C[C@H](CNc1nc(OC[C@@]2(C)CN(C)CC[C@H]2C(F)F)nc2c(F)c(-c3ccc(F)c4sc(N)c(C#N)c34)c(Cl)cc12)c1nccnc1N. The van der Waals surface area contributed by atoms with Gasteiger partial charge in [-0.25, -0.2) is 22.5 Å². The summed E-state index contributed by atoms with van der Waals surface area (Å²) in [5.41, 5.74) is 11.4. The Bertz CT molecular complexity index is 2110. The Balaban J connectivity index is 1.47. The monoisotopic (exact) mass is 713 g/mol. The molecular formula is C33H32ClF4N9OS. The number of nitrogens with zero attached hydrogens (tertiary/aromatic N) is 6. The van der Waals surface area contributed by atoms with Crippen LogP contribution in [0.3, 0.4) is 0 Å². The Morgan fingerprint density at radius 3 is 2.69 bits per heavy atom. The number of thiophene rings is 1. The molecule has 16 heteroatoms. The second-order valence-corrected chi connectivity index (χ2v) is 14.0. The van der Waals surface area contributed by atoms with E-state index in [-0.39, 0.29) is 90.8 Å². The van der Waals surface area contributed by atoms with Crippen LogP contribution in [0.25, 0.3) is 32.1 Å². The molecule has 1 fully saturated rings. The van der Waals surface area contributed by atoms with Gasteiger partial charge in [0, 0.05) is 59.1 Å². The van der Waals surface area contributed by atoms with Crippen LogP contribution in [0.1, 0.15) is 37.4 Å². The number of fused-ring (bicyclic) bond motifs is 2. The van der Waals surface area contributed by atoms with Crippen LogP contribution < -0.4 is 21.5 Å². The fourth-order valence-corrected chi connectivity index (χ4v) is 7.79. The van der Waals surface area contributed by atoms with Crippen molar-refractivity contribution in [2.75, 3.05) is 50.1 Å². The van der Waals surface area contributed by atoms with Crippen LogP contribution >= 0.6 is 22.9 Å². The molecule has 5 aromatic rings. The average Bonchev–Trinajstić information content (AvgIpc) is 3.40. The molecule has 10 nitrogen and oxygen atoms in total. The van der Waals surface area contributed by atoms with Crippen LogP contribution in [-0.2, 0) is 0 Å². The van der Waals surface area contributed by atoms with Gasteiger partial charge in [-0.3, -0.25) is 4.98 Å². The van der Waals surface area contributed by atoms with E-state index in [1.54, 1.807) is 6.92 Å². The lowest BCUT2D eigenvalue weighted by atomic mass is 9.73. The molecule has 0 spiro atoms. The van der Waals surface area contributed by atoms with E-state index in [1.807, 2.05) is 24.9 Å². The first kappa shape index (κ1) is 34.3. The first-order valence-corrected chi connectivity index (χ1v) is 16.5. The number of nitrogens with two attached hydrogens (primary N) is 2. The summed E-state index contributed by atoms with van der Waals surface area (Å²) in [4.78, 5) is 19.3. The molecule has 0 saturated carbocycles. The van der Waals surface area contributed by atoms with Gasteiger partial charge in [0.2, 0.25) is 6.43 Å². The molecule has 49 heavy (non-hydrogen) atoms. The first-order chi connectivity index (χ1) is 23.3. The Morgan fingerprint density at radius 1 is 1.22 bits per heavy atom. The molecule has 3 atom stereocenters. The zero-order valence-corrected chi connectivity index (χ0v) is 28.3. The zero-order valence-electron chi connectivity index (χ0n) is 26.7. The van der Waals surface area contributed by atoms with E-state index in [0.717, 1.165) is 17.4 Å². The van der Waals surface area contributed by atoms with Crippen LogP contribution in [0.4, 0.5) is 34.2 Å².